The van der Waals surface area contributed by atoms with Crippen LogP contribution in [0.1, 0.15) is 15.9 Å². The minimum atomic E-state index is -0.649. The normalized spacial score (nSPS) is 10.3. The molecule has 33 heavy (non-hydrogen) atoms. The number of benzene rings is 2. The first kappa shape index (κ1) is 23.9. The number of hydrogen-bond acceptors (Lipinski definition) is 5. The zero-order valence-electron chi connectivity index (χ0n) is 18.1. The fourth-order valence-corrected chi connectivity index (χ4v) is 3.42. The Bertz CT molecular complexity index is 1280. The van der Waals surface area contributed by atoms with E-state index < -0.39 is 11.7 Å². The van der Waals surface area contributed by atoms with Gasteiger partial charge in [-0.25, -0.2) is 9.37 Å². The summed E-state index contributed by atoms with van der Waals surface area (Å²) in [7, 11) is 2.82. The van der Waals surface area contributed by atoms with Gasteiger partial charge in [0.05, 0.1) is 11.3 Å². The van der Waals surface area contributed by atoms with Crippen LogP contribution in [0, 0.1) is 5.82 Å². The summed E-state index contributed by atoms with van der Waals surface area (Å²) in [6.07, 6.45) is 3.44. The molecule has 1 amide bonds. The number of hydrogen-bond donors (Lipinski definition) is 3. The molecule has 0 saturated heterocycles. The first-order valence-electron chi connectivity index (χ1n) is 9.93. The number of aromatic nitrogens is 3. The number of amides is 1. The van der Waals surface area contributed by atoms with Gasteiger partial charge in [-0.15, -0.1) is 0 Å². The van der Waals surface area contributed by atoms with Crippen LogP contribution in [-0.4, -0.2) is 32.9 Å². The lowest BCUT2D eigenvalue weighted by Gasteiger charge is -2.10. The van der Waals surface area contributed by atoms with Crippen molar-refractivity contribution in [3.63, 3.8) is 0 Å². The summed E-state index contributed by atoms with van der Waals surface area (Å²) in [6.45, 7) is 0.240. The fraction of sp³-hybridized carbons (Fsp3) is 0.125. The van der Waals surface area contributed by atoms with Gasteiger partial charge in [0.2, 0.25) is 0 Å². The number of pyridine rings is 1. The van der Waals surface area contributed by atoms with Crippen LogP contribution < -0.4 is 11.1 Å². The number of nitrogens with one attached hydrogen (secondary N) is 1. The molecule has 2 heterocycles. The van der Waals surface area contributed by atoms with Crippen molar-refractivity contribution < 1.29 is 14.3 Å². The zero-order chi connectivity index (χ0) is 24.0. The lowest BCUT2D eigenvalue weighted by atomic mass is 10.0. The van der Waals surface area contributed by atoms with Crippen molar-refractivity contribution in [3.8, 4) is 22.4 Å². The van der Waals surface area contributed by atoms with Crippen LogP contribution in [0.3, 0.4) is 0 Å². The van der Waals surface area contributed by atoms with Crippen molar-refractivity contribution in [1.29, 1.82) is 0 Å². The number of rotatable bonds is 5. The Balaban J connectivity index is 0.00000149. The van der Waals surface area contributed by atoms with E-state index in [4.69, 9.17) is 22.4 Å². The maximum Gasteiger partial charge on any atom is 0.254 e. The van der Waals surface area contributed by atoms with Gasteiger partial charge < -0.3 is 16.2 Å². The highest BCUT2D eigenvalue weighted by Crippen LogP contribution is 2.30. The minimum absolute atomic E-state index is 0.0572. The first-order valence-corrected chi connectivity index (χ1v) is 10.3. The van der Waals surface area contributed by atoms with Crippen molar-refractivity contribution in [2.75, 3.05) is 12.8 Å². The van der Waals surface area contributed by atoms with Gasteiger partial charge in [-0.2, -0.15) is 5.10 Å². The van der Waals surface area contributed by atoms with Crippen LogP contribution >= 0.6 is 11.6 Å². The molecule has 4 aromatic rings. The number of nitrogens with two attached hydrogens (primary N) is 1. The summed E-state index contributed by atoms with van der Waals surface area (Å²) in [5.41, 5.74) is 9.36. The molecule has 0 aliphatic carbocycles. The van der Waals surface area contributed by atoms with Gasteiger partial charge in [-0.3, -0.25) is 9.48 Å². The Kier molecular flexibility index (Phi) is 7.76. The minimum Gasteiger partial charge on any atom is -0.400 e. The molecular formula is C24H23ClFN5O2. The van der Waals surface area contributed by atoms with Crippen LogP contribution in [0.5, 0.6) is 0 Å². The largest absolute Gasteiger partial charge is 0.400 e. The molecule has 0 atom stereocenters. The fourth-order valence-electron chi connectivity index (χ4n) is 3.21. The molecule has 2 aromatic heterocycles. The van der Waals surface area contributed by atoms with Gasteiger partial charge in [0.25, 0.3) is 5.91 Å². The molecule has 0 radical (unpaired) electrons. The Morgan fingerprint density at radius 1 is 1.15 bits per heavy atom. The maximum atomic E-state index is 14.8. The average molecular weight is 468 g/mol. The molecule has 7 nitrogen and oxygen atoms in total. The number of carbonyl (C=O) groups is 1. The van der Waals surface area contributed by atoms with Crippen LogP contribution in [0.15, 0.2) is 67.0 Å². The summed E-state index contributed by atoms with van der Waals surface area (Å²) >= 11 is 5.95. The third-order valence-corrected chi connectivity index (χ3v) is 5.03. The molecule has 2 aromatic carbocycles. The molecule has 0 saturated carbocycles. The summed E-state index contributed by atoms with van der Waals surface area (Å²) in [5.74, 6) is -0.904. The standard InChI is InChI=1S/C23H19ClFN5O.CH4O/c1-30-8-7-21(29-30)16-10-19(22(26)27-13-16)15-5-6-18(20(25)11-15)23(31)28-12-14-3-2-4-17(24)9-14;1-2/h2-11,13H,12H2,1H3,(H2,26,27)(H,28,31);2H,1H3. The number of carbonyl (C=O) groups excluding carboxylic acids is 1. The molecule has 0 bridgehead atoms. The van der Waals surface area contributed by atoms with Gasteiger partial charge in [0, 0.05) is 49.2 Å². The summed E-state index contributed by atoms with van der Waals surface area (Å²) in [4.78, 5) is 16.7. The van der Waals surface area contributed by atoms with E-state index in [0.29, 0.717) is 16.1 Å². The highest BCUT2D eigenvalue weighted by molar-refractivity contribution is 6.30. The van der Waals surface area contributed by atoms with E-state index >= 15 is 0 Å². The average Bonchev–Trinajstić information content (AvgIpc) is 3.25. The number of nitrogens with zero attached hydrogens (tertiary/aromatic N) is 3. The van der Waals surface area contributed by atoms with E-state index in [1.807, 2.05) is 25.4 Å². The second-order valence-corrected chi connectivity index (χ2v) is 7.48. The molecule has 170 valence electrons. The quantitative estimate of drug-likeness (QED) is 0.410. The number of anilines is 1. The highest BCUT2D eigenvalue weighted by Gasteiger charge is 2.15. The number of nitrogen functional groups attached to an aromatic ring is 1. The second-order valence-electron chi connectivity index (χ2n) is 7.04. The zero-order valence-corrected chi connectivity index (χ0v) is 18.8. The van der Waals surface area contributed by atoms with Gasteiger partial charge in [-0.05, 0) is 47.5 Å². The Morgan fingerprint density at radius 2 is 1.94 bits per heavy atom. The third-order valence-electron chi connectivity index (χ3n) is 4.79. The topological polar surface area (TPSA) is 106 Å². The van der Waals surface area contributed by atoms with Crippen LogP contribution in [0.4, 0.5) is 10.2 Å². The molecule has 4 N–H and O–H groups in total. The van der Waals surface area contributed by atoms with Gasteiger partial charge in [-0.1, -0.05) is 29.8 Å². The maximum absolute atomic E-state index is 14.8. The number of aliphatic hydroxyl groups excluding tert-OH is 1. The van der Waals surface area contributed by atoms with Gasteiger partial charge in [0.1, 0.15) is 11.6 Å². The molecule has 0 fully saturated rings. The van der Waals surface area contributed by atoms with Crippen molar-refractivity contribution in [1.82, 2.24) is 20.1 Å². The van der Waals surface area contributed by atoms with E-state index in [1.54, 1.807) is 41.2 Å². The van der Waals surface area contributed by atoms with E-state index in [9.17, 15) is 9.18 Å². The predicted molar refractivity (Wildman–Crippen MR) is 127 cm³/mol. The van der Waals surface area contributed by atoms with Crippen LogP contribution in [0.2, 0.25) is 5.02 Å². The molecule has 0 spiro atoms. The Hall–Kier alpha value is -3.75. The smallest absolute Gasteiger partial charge is 0.254 e. The molecule has 9 heteroatoms. The Morgan fingerprint density at radius 3 is 2.61 bits per heavy atom. The SMILES string of the molecule is CO.Cn1ccc(-c2cnc(N)c(-c3ccc(C(=O)NCc4cccc(Cl)c4)c(F)c3)c2)n1. The van der Waals surface area contributed by atoms with Crippen LogP contribution in [-0.2, 0) is 13.6 Å². The summed E-state index contributed by atoms with van der Waals surface area (Å²) in [5, 5.41) is 14.6. The molecule has 0 unspecified atom stereocenters. The van der Waals surface area contributed by atoms with Gasteiger partial charge >= 0.3 is 0 Å². The summed E-state index contributed by atoms with van der Waals surface area (Å²) < 4.78 is 16.5. The van der Waals surface area contributed by atoms with Crippen molar-refractivity contribution in [2.45, 2.75) is 6.54 Å². The molecule has 0 aliphatic heterocycles. The van der Waals surface area contributed by atoms with Crippen molar-refractivity contribution in [2.24, 2.45) is 7.05 Å². The van der Waals surface area contributed by atoms with E-state index in [-0.39, 0.29) is 17.9 Å². The molecule has 0 aliphatic rings. The number of halogens is 2. The van der Waals surface area contributed by atoms with E-state index in [2.05, 4.69) is 15.4 Å². The molecule has 4 rings (SSSR count). The van der Waals surface area contributed by atoms with E-state index in [0.717, 1.165) is 23.9 Å². The molecular weight excluding hydrogens is 445 g/mol. The third kappa shape index (κ3) is 5.74. The monoisotopic (exact) mass is 467 g/mol. The highest BCUT2D eigenvalue weighted by atomic mass is 35.5. The van der Waals surface area contributed by atoms with Crippen molar-refractivity contribution in [3.05, 3.63) is 89.0 Å². The van der Waals surface area contributed by atoms with Crippen molar-refractivity contribution >= 4 is 23.3 Å². The van der Waals surface area contributed by atoms with Gasteiger partial charge in [0.15, 0.2) is 0 Å². The summed E-state index contributed by atoms with van der Waals surface area (Å²) in [6, 6.07) is 15.1. The number of aryl methyl sites for hydroxylation is 1. The lowest BCUT2D eigenvalue weighted by molar-refractivity contribution is 0.0947. The Labute approximate surface area is 195 Å². The lowest BCUT2D eigenvalue weighted by Crippen LogP contribution is -2.23. The second kappa shape index (κ2) is 10.7. The van der Waals surface area contributed by atoms with E-state index in [1.165, 1.54) is 12.1 Å². The predicted octanol–water partition coefficient (Wildman–Crippen LogP) is 4.06. The van der Waals surface area contributed by atoms with Crippen LogP contribution in [0.25, 0.3) is 22.4 Å². The number of aliphatic hydroxyl groups is 1. The first-order chi connectivity index (χ1) is 15.9.